The molecule has 218 valence electrons. The highest BCUT2D eigenvalue weighted by molar-refractivity contribution is 6.21. The largest absolute Gasteiger partial charge is 0.354 e. The topological polar surface area (TPSA) is 108 Å². The zero-order chi connectivity index (χ0) is 30.2. The Balaban J connectivity index is 1.37. The molecule has 0 radical (unpaired) electrons. The number of carbonyl (C=O) groups excluding carboxylic acids is 4. The Morgan fingerprint density at radius 1 is 0.814 bits per heavy atom. The number of aliphatic imine (C=N–C) groups is 1. The van der Waals surface area contributed by atoms with E-state index in [9.17, 15) is 19.2 Å². The molecule has 0 saturated heterocycles. The van der Waals surface area contributed by atoms with Crippen LogP contribution in [0, 0.1) is 0 Å². The fraction of sp³-hybridized carbons (Fsp3) is 0.229. The van der Waals surface area contributed by atoms with Crippen LogP contribution in [-0.4, -0.2) is 48.5 Å². The van der Waals surface area contributed by atoms with Crippen LogP contribution in [0.3, 0.4) is 0 Å². The molecule has 1 aliphatic heterocycles. The minimum Gasteiger partial charge on any atom is -0.354 e. The molecule has 1 unspecified atom stereocenters. The zero-order valence-corrected chi connectivity index (χ0v) is 24.1. The van der Waals surface area contributed by atoms with E-state index in [2.05, 4.69) is 34.9 Å². The number of ketones is 1. The second kappa shape index (κ2) is 13.7. The lowest BCUT2D eigenvalue weighted by Gasteiger charge is -2.25. The summed E-state index contributed by atoms with van der Waals surface area (Å²) in [4.78, 5) is 57.5. The summed E-state index contributed by atoms with van der Waals surface area (Å²) in [5, 5.41) is 7.99. The molecule has 1 aliphatic rings. The molecule has 43 heavy (non-hydrogen) atoms. The summed E-state index contributed by atoms with van der Waals surface area (Å²) in [6.07, 6.45) is 0.136. The highest BCUT2D eigenvalue weighted by Crippen LogP contribution is 2.28. The quantitative estimate of drug-likeness (QED) is 0.273. The van der Waals surface area contributed by atoms with Gasteiger partial charge in [0.15, 0.2) is 0 Å². The van der Waals surface area contributed by atoms with Crippen molar-refractivity contribution in [3.05, 3.63) is 114 Å². The molecule has 4 aromatic rings. The predicted molar refractivity (Wildman–Crippen MR) is 168 cm³/mol. The van der Waals surface area contributed by atoms with Gasteiger partial charge in [-0.05, 0) is 42.2 Å². The molecular weight excluding hydrogens is 540 g/mol. The van der Waals surface area contributed by atoms with Crippen LogP contribution in [0.4, 0.5) is 5.69 Å². The predicted octanol–water partition coefficient (Wildman–Crippen LogP) is 4.58. The third kappa shape index (κ3) is 7.22. The molecule has 8 heteroatoms. The van der Waals surface area contributed by atoms with Gasteiger partial charge in [-0.15, -0.1) is 0 Å². The van der Waals surface area contributed by atoms with Crippen LogP contribution in [0.5, 0.6) is 0 Å². The van der Waals surface area contributed by atoms with Crippen LogP contribution in [0.1, 0.15) is 42.9 Å². The fourth-order valence-corrected chi connectivity index (χ4v) is 5.28. The van der Waals surface area contributed by atoms with E-state index < -0.39 is 12.1 Å². The molecule has 2 N–H and O–H groups in total. The van der Waals surface area contributed by atoms with Crippen molar-refractivity contribution in [3.63, 3.8) is 0 Å². The van der Waals surface area contributed by atoms with E-state index in [1.165, 1.54) is 11.8 Å². The molecule has 0 saturated carbocycles. The summed E-state index contributed by atoms with van der Waals surface area (Å²) in [5.74, 6) is -1.22. The Bertz CT molecular complexity index is 1680. The number of nitrogens with zero attached hydrogens (tertiary/aromatic N) is 2. The van der Waals surface area contributed by atoms with E-state index in [-0.39, 0.29) is 37.0 Å². The van der Waals surface area contributed by atoms with Gasteiger partial charge in [-0.25, -0.2) is 4.99 Å². The van der Waals surface area contributed by atoms with Gasteiger partial charge in [-0.1, -0.05) is 91.0 Å². The van der Waals surface area contributed by atoms with Gasteiger partial charge in [0.25, 0.3) is 5.91 Å². The van der Waals surface area contributed by atoms with Gasteiger partial charge in [0.05, 0.1) is 11.4 Å². The zero-order valence-electron chi connectivity index (χ0n) is 24.1. The smallest absolute Gasteiger partial charge is 0.272 e. The molecular formula is C35H34N4O4. The van der Waals surface area contributed by atoms with Gasteiger partial charge in [-0.3, -0.25) is 19.3 Å². The maximum Gasteiger partial charge on any atom is 0.272 e. The molecule has 8 nitrogen and oxygen atoms in total. The van der Waals surface area contributed by atoms with Crippen molar-refractivity contribution in [2.45, 2.75) is 38.8 Å². The van der Waals surface area contributed by atoms with Crippen LogP contribution in [0.15, 0.2) is 102 Å². The molecule has 0 aliphatic carbocycles. The maximum absolute atomic E-state index is 13.9. The van der Waals surface area contributed by atoms with Gasteiger partial charge in [0.2, 0.25) is 18.0 Å². The Labute approximate surface area is 250 Å². The first-order valence-corrected chi connectivity index (χ1v) is 14.5. The summed E-state index contributed by atoms with van der Waals surface area (Å²) in [7, 11) is 0. The average molecular weight is 575 g/mol. The first-order chi connectivity index (χ1) is 20.9. The van der Waals surface area contributed by atoms with Gasteiger partial charge in [0, 0.05) is 30.5 Å². The number of hydrogen-bond donors (Lipinski definition) is 2. The van der Waals surface area contributed by atoms with E-state index in [1.807, 2.05) is 60.7 Å². The lowest BCUT2D eigenvalue weighted by Crippen LogP contribution is -2.50. The molecule has 3 amide bonds. The molecule has 0 aromatic heterocycles. The minimum absolute atomic E-state index is 0.00387. The first kappa shape index (κ1) is 29.4. The molecule has 0 bridgehead atoms. The van der Waals surface area contributed by atoms with Crippen LogP contribution >= 0.6 is 0 Å². The number of anilines is 1. The number of benzene rings is 4. The monoisotopic (exact) mass is 574 g/mol. The summed E-state index contributed by atoms with van der Waals surface area (Å²) < 4.78 is 0. The minimum atomic E-state index is -1.24. The second-order valence-corrected chi connectivity index (χ2v) is 10.5. The second-order valence-electron chi connectivity index (χ2n) is 10.5. The Kier molecular flexibility index (Phi) is 9.36. The number of Topliss-reactive ketones (excluding diaryl/α,β-unsaturated/α-hetero) is 1. The molecule has 4 aromatic carbocycles. The van der Waals surface area contributed by atoms with Gasteiger partial charge in [0.1, 0.15) is 12.3 Å². The van der Waals surface area contributed by atoms with Crippen molar-refractivity contribution in [2.75, 3.05) is 18.0 Å². The SMILES string of the molecule is CC(=O)CCCC(=O)NC1N=C(c2ccccc2)c2ccccc2N(CC(=O)NCCc2cccc3ccccc23)C1=O. The number of amides is 3. The van der Waals surface area contributed by atoms with Crippen molar-refractivity contribution in [1.29, 1.82) is 0 Å². The fourth-order valence-electron chi connectivity index (χ4n) is 5.28. The van der Waals surface area contributed by atoms with Gasteiger partial charge >= 0.3 is 0 Å². The van der Waals surface area contributed by atoms with E-state index in [4.69, 9.17) is 4.99 Å². The van der Waals surface area contributed by atoms with Gasteiger partial charge in [-0.2, -0.15) is 0 Å². The molecule has 0 fully saturated rings. The summed E-state index contributed by atoms with van der Waals surface area (Å²) in [6, 6.07) is 31.0. The number of fused-ring (bicyclic) bond motifs is 2. The number of benzodiazepines with no additional fused rings is 1. The first-order valence-electron chi connectivity index (χ1n) is 14.5. The average Bonchev–Trinajstić information content (AvgIpc) is 3.12. The van der Waals surface area contributed by atoms with Crippen molar-refractivity contribution < 1.29 is 19.2 Å². The van der Waals surface area contributed by atoms with Crippen molar-refractivity contribution in [2.24, 2.45) is 4.99 Å². The van der Waals surface area contributed by atoms with Crippen molar-refractivity contribution in [3.8, 4) is 0 Å². The van der Waals surface area contributed by atoms with E-state index in [1.54, 1.807) is 12.1 Å². The number of hydrogen-bond acceptors (Lipinski definition) is 5. The highest BCUT2D eigenvalue weighted by Gasteiger charge is 2.34. The third-order valence-corrected chi connectivity index (χ3v) is 7.38. The van der Waals surface area contributed by atoms with Crippen LogP contribution in [-0.2, 0) is 25.6 Å². The van der Waals surface area contributed by atoms with E-state index >= 15 is 0 Å². The lowest BCUT2D eigenvalue weighted by atomic mass is 10.0. The molecule has 1 heterocycles. The van der Waals surface area contributed by atoms with Crippen molar-refractivity contribution in [1.82, 2.24) is 10.6 Å². The number of nitrogens with one attached hydrogen (secondary N) is 2. The van der Waals surface area contributed by atoms with Crippen molar-refractivity contribution >= 4 is 45.7 Å². The lowest BCUT2D eigenvalue weighted by molar-refractivity contribution is -0.128. The van der Waals surface area contributed by atoms with Gasteiger partial charge < -0.3 is 15.4 Å². The Hall–Kier alpha value is -5.11. The van der Waals surface area contributed by atoms with Crippen LogP contribution < -0.4 is 15.5 Å². The highest BCUT2D eigenvalue weighted by atomic mass is 16.2. The summed E-state index contributed by atoms with van der Waals surface area (Å²) in [5.41, 5.74) is 3.66. The van der Waals surface area contributed by atoms with Crippen LogP contribution in [0.25, 0.3) is 10.8 Å². The Morgan fingerprint density at radius 3 is 2.35 bits per heavy atom. The Morgan fingerprint density at radius 2 is 1.53 bits per heavy atom. The molecule has 5 rings (SSSR count). The number of para-hydroxylation sites is 1. The third-order valence-electron chi connectivity index (χ3n) is 7.38. The van der Waals surface area contributed by atoms with E-state index in [0.29, 0.717) is 36.3 Å². The summed E-state index contributed by atoms with van der Waals surface area (Å²) >= 11 is 0. The normalized spacial score (nSPS) is 14.4. The van der Waals surface area contributed by atoms with Crippen LogP contribution in [0.2, 0.25) is 0 Å². The number of carbonyl (C=O) groups is 4. The maximum atomic E-state index is 13.9. The molecule has 1 atom stereocenters. The molecule has 0 spiro atoms. The number of rotatable bonds is 11. The summed E-state index contributed by atoms with van der Waals surface area (Å²) in [6.45, 7) is 1.64. The van der Waals surface area contributed by atoms with E-state index in [0.717, 1.165) is 21.9 Å². The standard InChI is InChI=1S/C35H34N4O4/c1-24(40)11-9-20-31(41)37-34-35(43)39(30-19-8-7-18-29(30)33(38-34)27-13-3-2-4-14-27)23-32(42)36-22-21-26-16-10-15-25-12-5-6-17-28(25)26/h2-8,10,12-19,34H,9,11,20-23H2,1H3,(H,36,42)(H,37,41).